The molecule has 1 heterocycles. The monoisotopic (exact) mass is 463 g/mol. The standard InChI is InChI=1S/C24H37N3O6/c1-6-14-25-27-22(30)24(13-12-20(29)33-23(3,4)5)17(2)32-21(26-24)18-8-10-19(11-9-18)31-16-7-15-28/h8-11,17,25,28H,6-7,12-16H2,1-5H3,(H,27,30)/t17-,24-/m0/s1. The van der Waals surface area contributed by atoms with Crippen molar-refractivity contribution in [2.45, 2.75) is 77.5 Å². The van der Waals surface area contributed by atoms with Crippen molar-refractivity contribution in [3.05, 3.63) is 29.8 Å². The maximum atomic E-state index is 13.2. The molecule has 0 bridgehead atoms. The number of ether oxygens (including phenoxy) is 3. The van der Waals surface area contributed by atoms with Crippen molar-refractivity contribution in [1.82, 2.24) is 10.9 Å². The lowest BCUT2D eigenvalue weighted by atomic mass is 9.88. The number of rotatable bonds is 12. The third-order valence-electron chi connectivity index (χ3n) is 5.03. The zero-order valence-electron chi connectivity index (χ0n) is 20.3. The molecule has 9 heteroatoms. The van der Waals surface area contributed by atoms with Crippen molar-refractivity contribution in [2.75, 3.05) is 19.8 Å². The van der Waals surface area contributed by atoms with Crippen molar-refractivity contribution in [2.24, 2.45) is 4.99 Å². The van der Waals surface area contributed by atoms with Crippen LogP contribution in [-0.2, 0) is 19.1 Å². The molecule has 1 aliphatic rings. The van der Waals surface area contributed by atoms with E-state index in [1.165, 1.54) is 0 Å². The van der Waals surface area contributed by atoms with Crippen LogP contribution in [0.4, 0.5) is 0 Å². The Hall–Kier alpha value is -2.65. The van der Waals surface area contributed by atoms with Gasteiger partial charge in [-0.25, -0.2) is 10.4 Å². The number of amides is 1. The van der Waals surface area contributed by atoms with E-state index in [0.717, 1.165) is 6.42 Å². The molecule has 0 spiro atoms. The molecule has 3 N–H and O–H groups in total. The lowest BCUT2D eigenvalue weighted by Gasteiger charge is -2.28. The molecule has 0 aromatic heterocycles. The first-order valence-corrected chi connectivity index (χ1v) is 11.5. The average Bonchev–Trinajstić information content (AvgIpc) is 3.09. The predicted octanol–water partition coefficient (Wildman–Crippen LogP) is 2.50. The van der Waals surface area contributed by atoms with E-state index in [0.29, 0.717) is 36.8 Å². The van der Waals surface area contributed by atoms with Gasteiger partial charge < -0.3 is 19.3 Å². The third-order valence-corrected chi connectivity index (χ3v) is 5.03. The van der Waals surface area contributed by atoms with Gasteiger partial charge in [0.2, 0.25) is 5.90 Å². The van der Waals surface area contributed by atoms with Crippen LogP contribution in [0.15, 0.2) is 29.3 Å². The summed E-state index contributed by atoms with van der Waals surface area (Å²) in [6, 6.07) is 7.17. The number of aliphatic imine (C=N–C) groups is 1. The molecule has 1 amide bonds. The number of hydrogen-bond donors (Lipinski definition) is 3. The Morgan fingerprint density at radius 2 is 1.94 bits per heavy atom. The van der Waals surface area contributed by atoms with Crippen LogP contribution in [0.25, 0.3) is 0 Å². The average molecular weight is 464 g/mol. The SMILES string of the molecule is CCCNNC(=O)[C@@]1(CCC(=O)OC(C)(C)C)N=C(c2ccc(OCCCO)cc2)O[C@H]1C. The van der Waals surface area contributed by atoms with Crippen LogP contribution in [-0.4, -0.2) is 59.9 Å². The number of nitrogens with one attached hydrogen (secondary N) is 2. The number of aliphatic hydroxyl groups is 1. The fourth-order valence-corrected chi connectivity index (χ4v) is 3.31. The number of benzene rings is 1. The summed E-state index contributed by atoms with van der Waals surface area (Å²) in [5, 5.41) is 8.87. The summed E-state index contributed by atoms with van der Waals surface area (Å²) < 4.78 is 17.0. The van der Waals surface area contributed by atoms with Crippen molar-refractivity contribution < 1.29 is 28.9 Å². The van der Waals surface area contributed by atoms with Crippen LogP contribution in [0.5, 0.6) is 5.75 Å². The van der Waals surface area contributed by atoms with Gasteiger partial charge in [0.15, 0.2) is 5.54 Å². The first-order chi connectivity index (χ1) is 15.6. The molecule has 184 valence electrons. The Morgan fingerprint density at radius 1 is 1.24 bits per heavy atom. The summed E-state index contributed by atoms with van der Waals surface area (Å²) in [4.78, 5) is 30.2. The minimum absolute atomic E-state index is 0.0284. The number of nitrogens with zero attached hydrogens (tertiary/aromatic N) is 1. The molecule has 1 aromatic rings. The molecule has 0 unspecified atom stereocenters. The fourth-order valence-electron chi connectivity index (χ4n) is 3.31. The third kappa shape index (κ3) is 7.71. The Morgan fingerprint density at radius 3 is 2.55 bits per heavy atom. The normalized spacial score (nSPS) is 20.1. The molecule has 9 nitrogen and oxygen atoms in total. The number of aliphatic hydroxyl groups excluding tert-OH is 1. The minimum Gasteiger partial charge on any atom is -0.494 e. The van der Waals surface area contributed by atoms with Crippen LogP contribution < -0.4 is 15.6 Å². The number of carbonyl (C=O) groups excluding carboxylic acids is 2. The van der Waals surface area contributed by atoms with E-state index in [-0.39, 0.29) is 25.4 Å². The number of hydrogen-bond acceptors (Lipinski definition) is 8. The number of esters is 1. The number of hydrazine groups is 1. The minimum atomic E-state index is -1.27. The topological polar surface area (TPSA) is 118 Å². The van der Waals surface area contributed by atoms with Crippen LogP contribution in [0.3, 0.4) is 0 Å². The highest BCUT2D eigenvalue weighted by Crippen LogP contribution is 2.33. The summed E-state index contributed by atoms with van der Waals surface area (Å²) in [6.45, 7) is 10.3. The summed E-state index contributed by atoms with van der Waals surface area (Å²) in [5.74, 6) is 0.248. The highest BCUT2D eigenvalue weighted by atomic mass is 16.6. The van der Waals surface area contributed by atoms with Gasteiger partial charge in [-0.1, -0.05) is 6.92 Å². The Bertz CT molecular complexity index is 818. The quantitative estimate of drug-likeness (QED) is 0.248. The van der Waals surface area contributed by atoms with Crippen molar-refractivity contribution in [3.8, 4) is 5.75 Å². The first kappa shape index (κ1) is 26.6. The van der Waals surface area contributed by atoms with Gasteiger partial charge in [0, 0.05) is 31.6 Å². The smallest absolute Gasteiger partial charge is 0.306 e. The van der Waals surface area contributed by atoms with E-state index in [2.05, 4.69) is 15.8 Å². The van der Waals surface area contributed by atoms with Gasteiger partial charge in [0.25, 0.3) is 5.91 Å². The van der Waals surface area contributed by atoms with Gasteiger partial charge >= 0.3 is 5.97 Å². The van der Waals surface area contributed by atoms with E-state index in [9.17, 15) is 9.59 Å². The van der Waals surface area contributed by atoms with E-state index in [4.69, 9.17) is 19.3 Å². The van der Waals surface area contributed by atoms with Crippen molar-refractivity contribution in [3.63, 3.8) is 0 Å². The van der Waals surface area contributed by atoms with Crippen LogP contribution in [0.1, 0.15) is 65.9 Å². The molecule has 0 fully saturated rings. The van der Waals surface area contributed by atoms with Gasteiger partial charge in [0.05, 0.1) is 6.61 Å². The van der Waals surface area contributed by atoms with Gasteiger partial charge in [-0.2, -0.15) is 0 Å². The molecule has 1 aromatic carbocycles. The first-order valence-electron chi connectivity index (χ1n) is 11.5. The molecule has 0 radical (unpaired) electrons. The van der Waals surface area contributed by atoms with Gasteiger partial charge in [-0.3, -0.25) is 15.0 Å². The second-order valence-electron chi connectivity index (χ2n) is 9.02. The lowest BCUT2D eigenvalue weighted by molar-refractivity contribution is -0.155. The molecule has 2 atom stereocenters. The zero-order valence-corrected chi connectivity index (χ0v) is 20.3. The Kier molecular flexibility index (Phi) is 9.67. The summed E-state index contributed by atoms with van der Waals surface area (Å²) >= 11 is 0. The van der Waals surface area contributed by atoms with Crippen molar-refractivity contribution >= 4 is 17.8 Å². The molecule has 0 saturated carbocycles. The Balaban J connectivity index is 2.22. The largest absolute Gasteiger partial charge is 0.494 e. The lowest BCUT2D eigenvalue weighted by Crippen LogP contribution is -2.55. The van der Waals surface area contributed by atoms with Gasteiger partial charge in [-0.05, 0) is 64.8 Å². The Labute approximate surface area is 195 Å². The van der Waals surface area contributed by atoms with Crippen LogP contribution in [0, 0.1) is 0 Å². The van der Waals surface area contributed by atoms with Crippen molar-refractivity contribution in [1.29, 1.82) is 0 Å². The second kappa shape index (κ2) is 12.0. The molecular weight excluding hydrogens is 426 g/mol. The molecular formula is C24H37N3O6. The van der Waals surface area contributed by atoms with E-state index >= 15 is 0 Å². The predicted molar refractivity (Wildman–Crippen MR) is 125 cm³/mol. The maximum Gasteiger partial charge on any atom is 0.306 e. The molecule has 1 aliphatic heterocycles. The van der Waals surface area contributed by atoms with Crippen LogP contribution >= 0.6 is 0 Å². The van der Waals surface area contributed by atoms with Gasteiger partial charge in [-0.15, -0.1) is 0 Å². The molecule has 0 aliphatic carbocycles. The zero-order chi connectivity index (χ0) is 24.5. The molecule has 33 heavy (non-hydrogen) atoms. The molecule has 2 rings (SSSR count). The summed E-state index contributed by atoms with van der Waals surface area (Å²) in [5.41, 5.74) is 4.42. The summed E-state index contributed by atoms with van der Waals surface area (Å²) in [6.07, 6.45) is 0.989. The fraction of sp³-hybridized carbons (Fsp3) is 0.625. The second-order valence-corrected chi connectivity index (χ2v) is 9.02. The summed E-state index contributed by atoms with van der Waals surface area (Å²) in [7, 11) is 0. The highest BCUT2D eigenvalue weighted by molar-refractivity contribution is 6.00. The van der Waals surface area contributed by atoms with E-state index in [1.807, 2.05) is 6.92 Å². The van der Waals surface area contributed by atoms with Crippen LogP contribution in [0.2, 0.25) is 0 Å². The van der Waals surface area contributed by atoms with E-state index < -0.39 is 23.2 Å². The maximum absolute atomic E-state index is 13.2. The van der Waals surface area contributed by atoms with E-state index in [1.54, 1.807) is 52.0 Å². The highest BCUT2D eigenvalue weighted by Gasteiger charge is 2.50. The number of carbonyl (C=O) groups is 2. The van der Waals surface area contributed by atoms with Gasteiger partial charge in [0.1, 0.15) is 17.5 Å². The molecule has 0 saturated heterocycles.